The van der Waals surface area contributed by atoms with Gasteiger partial charge in [-0.15, -0.1) is 11.3 Å². The van der Waals surface area contributed by atoms with E-state index in [0.717, 1.165) is 18.0 Å². The SMILES string of the molecule is CCCCCCCCNc1scnc1C(=O)OCC. The standard InChI is InChI=1S/C14H24N2O2S/c1-3-5-6-7-8-9-10-15-13-12(16-11-19-13)14(17)18-4-2/h11,15H,3-10H2,1-2H3. The molecule has 1 aromatic heterocycles. The van der Waals surface area contributed by atoms with Gasteiger partial charge in [0.25, 0.3) is 0 Å². The monoisotopic (exact) mass is 284 g/mol. The number of ether oxygens (including phenoxy) is 1. The van der Waals surface area contributed by atoms with Crippen LogP contribution in [0.15, 0.2) is 5.51 Å². The molecule has 0 spiro atoms. The fourth-order valence-electron chi connectivity index (χ4n) is 1.82. The number of carbonyl (C=O) groups excluding carboxylic acids is 1. The summed E-state index contributed by atoms with van der Waals surface area (Å²) in [5.41, 5.74) is 2.09. The summed E-state index contributed by atoms with van der Waals surface area (Å²) < 4.78 is 4.96. The van der Waals surface area contributed by atoms with Crippen molar-refractivity contribution in [2.24, 2.45) is 0 Å². The highest BCUT2D eigenvalue weighted by molar-refractivity contribution is 7.14. The van der Waals surface area contributed by atoms with Gasteiger partial charge < -0.3 is 10.1 Å². The summed E-state index contributed by atoms with van der Waals surface area (Å²) in [6.45, 7) is 5.30. The van der Waals surface area contributed by atoms with Crippen molar-refractivity contribution < 1.29 is 9.53 Å². The Kier molecular flexibility index (Phi) is 8.21. The highest BCUT2D eigenvalue weighted by atomic mass is 32.1. The van der Waals surface area contributed by atoms with Crippen LogP contribution in [0.1, 0.15) is 62.9 Å². The normalized spacial score (nSPS) is 10.4. The van der Waals surface area contributed by atoms with Crippen LogP contribution in [0.4, 0.5) is 5.00 Å². The van der Waals surface area contributed by atoms with Gasteiger partial charge in [-0.05, 0) is 13.3 Å². The number of nitrogens with one attached hydrogen (secondary N) is 1. The molecule has 0 bridgehead atoms. The Balaban J connectivity index is 2.22. The summed E-state index contributed by atoms with van der Waals surface area (Å²) in [6, 6.07) is 0. The first-order valence-corrected chi connectivity index (χ1v) is 8.02. The number of anilines is 1. The molecule has 19 heavy (non-hydrogen) atoms. The molecule has 0 saturated carbocycles. The lowest BCUT2D eigenvalue weighted by Crippen LogP contribution is -2.09. The smallest absolute Gasteiger partial charge is 0.360 e. The number of carbonyl (C=O) groups is 1. The predicted molar refractivity (Wildman–Crippen MR) is 79.9 cm³/mol. The highest BCUT2D eigenvalue weighted by Crippen LogP contribution is 2.21. The molecule has 0 radical (unpaired) electrons. The summed E-state index contributed by atoms with van der Waals surface area (Å²) in [5, 5.41) is 4.10. The van der Waals surface area contributed by atoms with Gasteiger partial charge in [-0.3, -0.25) is 0 Å². The molecule has 0 aliphatic rings. The molecule has 1 aromatic rings. The molecule has 0 aliphatic heterocycles. The topological polar surface area (TPSA) is 51.2 Å². The van der Waals surface area contributed by atoms with Gasteiger partial charge in [-0.2, -0.15) is 0 Å². The van der Waals surface area contributed by atoms with Crippen LogP contribution < -0.4 is 5.32 Å². The van der Waals surface area contributed by atoms with Crippen LogP contribution in [0.3, 0.4) is 0 Å². The maximum Gasteiger partial charge on any atom is 0.360 e. The van der Waals surface area contributed by atoms with E-state index in [0.29, 0.717) is 12.3 Å². The maximum atomic E-state index is 11.6. The first-order valence-electron chi connectivity index (χ1n) is 7.14. The Morgan fingerprint density at radius 1 is 1.26 bits per heavy atom. The maximum absolute atomic E-state index is 11.6. The lowest BCUT2D eigenvalue weighted by Gasteiger charge is -2.06. The number of hydrogen-bond acceptors (Lipinski definition) is 5. The average molecular weight is 284 g/mol. The highest BCUT2D eigenvalue weighted by Gasteiger charge is 2.15. The summed E-state index contributed by atoms with van der Waals surface area (Å²) in [7, 11) is 0. The van der Waals surface area contributed by atoms with E-state index in [1.165, 1.54) is 43.4 Å². The predicted octanol–water partition coefficient (Wildman–Crippen LogP) is 4.09. The number of thiazole rings is 1. The van der Waals surface area contributed by atoms with Crippen LogP contribution in [-0.2, 0) is 4.74 Å². The van der Waals surface area contributed by atoms with Gasteiger partial charge >= 0.3 is 5.97 Å². The van der Waals surface area contributed by atoms with Crippen LogP contribution in [0.5, 0.6) is 0 Å². The van der Waals surface area contributed by atoms with Crippen molar-refractivity contribution >= 4 is 22.3 Å². The van der Waals surface area contributed by atoms with Gasteiger partial charge in [0.05, 0.1) is 12.1 Å². The van der Waals surface area contributed by atoms with Gasteiger partial charge in [-0.25, -0.2) is 9.78 Å². The minimum absolute atomic E-state index is 0.339. The summed E-state index contributed by atoms with van der Waals surface area (Å²) in [5.74, 6) is -0.339. The lowest BCUT2D eigenvalue weighted by atomic mass is 10.1. The number of rotatable bonds is 10. The zero-order valence-electron chi connectivity index (χ0n) is 11.9. The van der Waals surface area contributed by atoms with Gasteiger partial charge in [0.15, 0.2) is 5.69 Å². The molecular formula is C14H24N2O2S. The van der Waals surface area contributed by atoms with Crippen LogP contribution in [0.2, 0.25) is 0 Å². The first kappa shape index (κ1) is 16.0. The second-order valence-electron chi connectivity index (χ2n) is 4.45. The molecule has 4 nitrogen and oxygen atoms in total. The Morgan fingerprint density at radius 2 is 2.00 bits per heavy atom. The zero-order valence-corrected chi connectivity index (χ0v) is 12.7. The Bertz CT molecular complexity index is 366. The van der Waals surface area contributed by atoms with E-state index in [1.54, 1.807) is 12.4 Å². The van der Waals surface area contributed by atoms with E-state index in [-0.39, 0.29) is 5.97 Å². The summed E-state index contributed by atoms with van der Waals surface area (Å²) >= 11 is 1.45. The number of aromatic nitrogens is 1. The fourth-order valence-corrected chi connectivity index (χ4v) is 2.52. The first-order chi connectivity index (χ1) is 9.29. The minimum atomic E-state index is -0.339. The number of unbranched alkanes of at least 4 members (excludes halogenated alkanes) is 5. The number of esters is 1. The van der Waals surface area contributed by atoms with Crippen LogP contribution in [0.25, 0.3) is 0 Å². The van der Waals surface area contributed by atoms with Crippen molar-refractivity contribution in [1.82, 2.24) is 4.98 Å². The molecular weight excluding hydrogens is 260 g/mol. The fraction of sp³-hybridized carbons (Fsp3) is 0.714. The zero-order chi connectivity index (χ0) is 13.9. The van der Waals surface area contributed by atoms with E-state index >= 15 is 0 Å². The van der Waals surface area contributed by atoms with Gasteiger partial charge in [-0.1, -0.05) is 39.0 Å². The van der Waals surface area contributed by atoms with Crippen molar-refractivity contribution in [2.75, 3.05) is 18.5 Å². The molecule has 1 N–H and O–H groups in total. The number of hydrogen-bond donors (Lipinski definition) is 1. The van der Waals surface area contributed by atoms with E-state index in [9.17, 15) is 4.79 Å². The number of nitrogens with zero attached hydrogens (tertiary/aromatic N) is 1. The van der Waals surface area contributed by atoms with Gasteiger partial charge in [0, 0.05) is 6.54 Å². The quantitative estimate of drug-likeness (QED) is 0.519. The van der Waals surface area contributed by atoms with E-state index in [2.05, 4.69) is 17.2 Å². The van der Waals surface area contributed by atoms with Crippen LogP contribution in [0, 0.1) is 0 Å². The molecule has 1 rings (SSSR count). The summed E-state index contributed by atoms with van der Waals surface area (Å²) in [6.07, 6.45) is 7.59. The molecule has 0 fully saturated rings. The molecule has 0 saturated heterocycles. The Morgan fingerprint density at radius 3 is 2.74 bits per heavy atom. The molecule has 0 amide bonds. The third kappa shape index (κ3) is 6.05. The Hall–Kier alpha value is -1.10. The van der Waals surface area contributed by atoms with E-state index < -0.39 is 0 Å². The molecule has 1 heterocycles. The third-order valence-electron chi connectivity index (χ3n) is 2.85. The van der Waals surface area contributed by atoms with Crippen LogP contribution in [-0.4, -0.2) is 24.1 Å². The second kappa shape index (κ2) is 9.78. The van der Waals surface area contributed by atoms with Crippen LogP contribution >= 0.6 is 11.3 Å². The molecule has 0 aliphatic carbocycles. The van der Waals surface area contributed by atoms with Crippen molar-refractivity contribution in [3.63, 3.8) is 0 Å². The lowest BCUT2D eigenvalue weighted by molar-refractivity contribution is 0.0521. The molecule has 0 atom stereocenters. The van der Waals surface area contributed by atoms with Gasteiger partial charge in [0.2, 0.25) is 0 Å². The molecule has 0 aromatic carbocycles. The van der Waals surface area contributed by atoms with Crippen molar-refractivity contribution in [2.45, 2.75) is 52.4 Å². The second-order valence-corrected chi connectivity index (χ2v) is 5.30. The average Bonchev–Trinajstić information content (AvgIpc) is 2.86. The molecule has 0 unspecified atom stereocenters. The molecule has 108 valence electrons. The van der Waals surface area contributed by atoms with Gasteiger partial charge in [0.1, 0.15) is 5.00 Å². The van der Waals surface area contributed by atoms with E-state index in [1.807, 2.05) is 0 Å². The summed E-state index contributed by atoms with van der Waals surface area (Å²) in [4.78, 5) is 15.7. The Labute approximate surface area is 119 Å². The molecule has 5 heteroatoms. The third-order valence-corrected chi connectivity index (χ3v) is 3.64. The van der Waals surface area contributed by atoms with Crippen molar-refractivity contribution in [1.29, 1.82) is 0 Å². The van der Waals surface area contributed by atoms with E-state index in [4.69, 9.17) is 4.74 Å². The van der Waals surface area contributed by atoms with Crippen molar-refractivity contribution in [3.8, 4) is 0 Å². The van der Waals surface area contributed by atoms with Crippen molar-refractivity contribution in [3.05, 3.63) is 11.2 Å². The minimum Gasteiger partial charge on any atom is -0.461 e. The largest absolute Gasteiger partial charge is 0.461 e.